The van der Waals surface area contributed by atoms with Crippen LogP contribution in [0.3, 0.4) is 0 Å². The Hall–Kier alpha value is -0.570. The third kappa shape index (κ3) is 2.97. The second-order valence-corrected chi connectivity index (χ2v) is 5.81. The van der Waals surface area contributed by atoms with Gasteiger partial charge in [0, 0.05) is 19.3 Å². The van der Waals surface area contributed by atoms with Crippen LogP contribution in [0.5, 0.6) is 0 Å². The Bertz CT molecular complexity index is 351. The number of halogens is 1. The lowest BCUT2D eigenvalue weighted by Crippen LogP contribution is -2.24. The Balaban J connectivity index is 3.09. The number of pyridine rings is 1. The molecule has 1 heterocycles. The van der Waals surface area contributed by atoms with Crippen molar-refractivity contribution in [1.29, 1.82) is 0 Å². The van der Waals surface area contributed by atoms with Crippen LogP contribution in [0.4, 0.5) is 5.82 Å². The standard InChI is InChI=1S/C13H21BrN2/c1-6-16(7-2)12-11(14)8-10(9-15-12)13(3,4)5/h8-9H,6-7H2,1-5H3. The van der Waals surface area contributed by atoms with E-state index in [9.17, 15) is 0 Å². The maximum atomic E-state index is 4.57. The molecule has 0 N–H and O–H groups in total. The Morgan fingerprint density at radius 1 is 1.25 bits per heavy atom. The molecule has 3 heteroatoms. The van der Waals surface area contributed by atoms with Gasteiger partial charge in [0.1, 0.15) is 5.82 Å². The van der Waals surface area contributed by atoms with Crippen LogP contribution in [0.1, 0.15) is 40.2 Å². The first-order valence-corrected chi connectivity index (χ1v) is 6.60. The summed E-state index contributed by atoms with van der Waals surface area (Å²) in [6.07, 6.45) is 1.98. The zero-order valence-corrected chi connectivity index (χ0v) is 12.4. The third-order valence-electron chi connectivity index (χ3n) is 2.75. The molecule has 0 aromatic carbocycles. The average molecular weight is 285 g/mol. The van der Waals surface area contributed by atoms with Crippen molar-refractivity contribution in [1.82, 2.24) is 4.98 Å². The van der Waals surface area contributed by atoms with Gasteiger partial charge in [0.15, 0.2) is 0 Å². The molecule has 0 aliphatic rings. The Morgan fingerprint density at radius 3 is 2.19 bits per heavy atom. The molecule has 0 saturated heterocycles. The molecular weight excluding hydrogens is 264 g/mol. The lowest BCUT2D eigenvalue weighted by Gasteiger charge is -2.24. The Kier molecular flexibility index (Phi) is 4.36. The zero-order valence-electron chi connectivity index (χ0n) is 10.8. The van der Waals surface area contributed by atoms with Crippen molar-refractivity contribution in [3.8, 4) is 0 Å². The molecular formula is C13H21BrN2. The molecule has 0 spiro atoms. The molecule has 0 saturated carbocycles. The second kappa shape index (κ2) is 5.17. The predicted molar refractivity (Wildman–Crippen MR) is 74.2 cm³/mol. The fourth-order valence-corrected chi connectivity index (χ4v) is 2.20. The van der Waals surface area contributed by atoms with Crippen LogP contribution >= 0.6 is 15.9 Å². The highest BCUT2D eigenvalue weighted by Crippen LogP contribution is 2.29. The van der Waals surface area contributed by atoms with Crippen molar-refractivity contribution in [2.75, 3.05) is 18.0 Å². The number of hydrogen-bond acceptors (Lipinski definition) is 2. The molecule has 0 atom stereocenters. The summed E-state index contributed by atoms with van der Waals surface area (Å²) < 4.78 is 1.09. The monoisotopic (exact) mass is 284 g/mol. The van der Waals surface area contributed by atoms with Crippen molar-refractivity contribution >= 4 is 21.7 Å². The van der Waals surface area contributed by atoms with E-state index in [0.717, 1.165) is 23.4 Å². The van der Waals surface area contributed by atoms with E-state index in [1.807, 2.05) is 6.20 Å². The molecule has 0 bridgehead atoms. The van der Waals surface area contributed by atoms with Gasteiger partial charge in [-0.1, -0.05) is 20.8 Å². The zero-order chi connectivity index (χ0) is 12.3. The van der Waals surface area contributed by atoms with E-state index >= 15 is 0 Å². The fraction of sp³-hybridized carbons (Fsp3) is 0.615. The molecule has 0 aliphatic heterocycles. The summed E-state index contributed by atoms with van der Waals surface area (Å²) in [6.45, 7) is 12.9. The molecule has 1 aromatic heterocycles. The van der Waals surface area contributed by atoms with Gasteiger partial charge < -0.3 is 4.90 Å². The van der Waals surface area contributed by atoms with Crippen LogP contribution < -0.4 is 4.90 Å². The van der Waals surface area contributed by atoms with Crippen LogP contribution in [-0.4, -0.2) is 18.1 Å². The van der Waals surface area contributed by atoms with Gasteiger partial charge in [-0.25, -0.2) is 4.98 Å². The highest BCUT2D eigenvalue weighted by Gasteiger charge is 2.17. The van der Waals surface area contributed by atoms with E-state index in [4.69, 9.17) is 0 Å². The van der Waals surface area contributed by atoms with E-state index < -0.39 is 0 Å². The minimum absolute atomic E-state index is 0.150. The molecule has 0 fully saturated rings. The summed E-state index contributed by atoms with van der Waals surface area (Å²) in [6, 6.07) is 2.18. The summed E-state index contributed by atoms with van der Waals surface area (Å²) in [5.74, 6) is 1.04. The van der Waals surface area contributed by atoms with Crippen LogP contribution in [-0.2, 0) is 5.41 Å². The van der Waals surface area contributed by atoms with E-state index in [-0.39, 0.29) is 5.41 Å². The fourth-order valence-electron chi connectivity index (χ4n) is 1.60. The van der Waals surface area contributed by atoms with Gasteiger partial charge in [0.05, 0.1) is 4.47 Å². The summed E-state index contributed by atoms with van der Waals surface area (Å²) in [4.78, 5) is 6.81. The quantitative estimate of drug-likeness (QED) is 0.834. The maximum Gasteiger partial charge on any atom is 0.142 e. The van der Waals surface area contributed by atoms with Gasteiger partial charge in [0.25, 0.3) is 0 Å². The number of hydrogen-bond donors (Lipinski definition) is 0. The molecule has 1 rings (SSSR count). The lowest BCUT2D eigenvalue weighted by molar-refractivity contribution is 0.586. The van der Waals surface area contributed by atoms with E-state index in [2.05, 4.69) is 66.5 Å². The van der Waals surface area contributed by atoms with E-state index in [1.54, 1.807) is 0 Å². The third-order valence-corrected chi connectivity index (χ3v) is 3.33. The van der Waals surface area contributed by atoms with Crippen LogP contribution in [0.25, 0.3) is 0 Å². The lowest BCUT2D eigenvalue weighted by atomic mass is 9.88. The predicted octanol–water partition coefficient (Wildman–Crippen LogP) is 3.99. The minimum Gasteiger partial charge on any atom is -0.356 e. The smallest absolute Gasteiger partial charge is 0.142 e. The minimum atomic E-state index is 0.150. The Morgan fingerprint density at radius 2 is 1.81 bits per heavy atom. The van der Waals surface area contributed by atoms with Gasteiger partial charge >= 0.3 is 0 Å². The molecule has 90 valence electrons. The first-order chi connectivity index (χ1) is 7.40. The summed E-state index contributed by atoms with van der Waals surface area (Å²) >= 11 is 3.62. The second-order valence-electron chi connectivity index (χ2n) is 4.95. The van der Waals surface area contributed by atoms with Crippen molar-refractivity contribution < 1.29 is 0 Å². The topological polar surface area (TPSA) is 16.1 Å². The van der Waals surface area contributed by atoms with Crippen LogP contribution in [0.2, 0.25) is 0 Å². The number of nitrogens with zero attached hydrogens (tertiary/aromatic N) is 2. The highest BCUT2D eigenvalue weighted by molar-refractivity contribution is 9.10. The first kappa shape index (κ1) is 13.5. The molecule has 0 radical (unpaired) electrons. The van der Waals surface area contributed by atoms with Crippen LogP contribution in [0.15, 0.2) is 16.7 Å². The summed E-state index contributed by atoms with van der Waals surface area (Å²) in [5.41, 5.74) is 1.41. The summed E-state index contributed by atoms with van der Waals surface area (Å²) in [5, 5.41) is 0. The normalized spacial score (nSPS) is 11.6. The molecule has 0 unspecified atom stereocenters. The summed E-state index contributed by atoms with van der Waals surface area (Å²) in [7, 11) is 0. The molecule has 1 aromatic rings. The SMILES string of the molecule is CCN(CC)c1ncc(C(C)(C)C)cc1Br. The highest BCUT2D eigenvalue weighted by atomic mass is 79.9. The van der Waals surface area contributed by atoms with Gasteiger partial charge in [-0.3, -0.25) is 0 Å². The maximum absolute atomic E-state index is 4.57. The molecule has 0 aliphatic carbocycles. The first-order valence-electron chi connectivity index (χ1n) is 5.81. The number of aromatic nitrogens is 1. The van der Waals surface area contributed by atoms with Gasteiger partial charge in [-0.2, -0.15) is 0 Å². The van der Waals surface area contributed by atoms with E-state index in [1.165, 1.54) is 5.56 Å². The van der Waals surface area contributed by atoms with Gasteiger partial charge in [0.2, 0.25) is 0 Å². The number of rotatable bonds is 3. The van der Waals surface area contributed by atoms with Gasteiger partial charge in [-0.05, 0) is 46.8 Å². The van der Waals surface area contributed by atoms with Crippen molar-refractivity contribution in [3.63, 3.8) is 0 Å². The largest absolute Gasteiger partial charge is 0.356 e. The average Bonchev–Trinajstić information content (AvgIpc) is 2.20. The molecule has 16 heavy (non-hydrogen) atoms. The molecule has 2 nitrogen and oxygen atoms in total. The number of anilines is 1. The molecule has 0 amide bonds. The van der Waals surface area contributed by atoms with Gasteiger partial charge in [-0.15, -0.1) is 0 Å². The van der Waals surface area contributed by atoms with E-state index in [0.29, 0.717) is 0 Å². The Labute approximate surface area is 107 Å². The van der Waals surface area contributed by atoms with Crippen LogP contribution in [0, 0.1) is 0 Å². The van der Waals surface area contributed by atoms with Crippen molar-refractivity contribution in [3.05, 3.63) is 22.3 Å². The van der Waals surface area contributed by atoms with Crippen molar-refractivity contribution in [2.45, 2.75) is 40.0 Å². The van der Waals surface area contributed by atoms with Crippen molar-refractivity contribution in [2.24, 2.45) is 0 Å².